The van der Waals surface area contributed by atoms with Gasteiger partial charge in [-0.2, -0.15) is 0 Å². The van der Waals surface area contributed by atoms with Gasteiger partial charge in [-0.15, -0.1) is 0 Å². The molecule has 0 radical (unpaired) electrons. The molecule has 3 amide bonds. The maximum atomic E-state index is 14.4. The number of aliphatic hydroxyl groups excluding tert-OH is 1. The highest BCUT2D eigenvalue weighted by atomic mass is 35.5. The maximum Gasteiger partial charge on any atom is 0.313 e. The van der Waals surface area contributed by atoms with Crippen LogP contribution in [0.4, 0.5) is 5.69 Å². The molecule has 2 fully saturated rings. The van der Waals surface area contributed by atoms with Crippen LogP contribution in [0.15, 0.2) is 78.9 Å². The molecule has 0 aromatic heterocycles. The zero-order valence-corrected chi connectivity index (χ0v) is 26.0. The Hall–Kier alpha value is -4.03. The van der Waals surface area contributed by atoms with Gasteiger partial charge >= 0.3 is 5.97 Å². The van der Waals surface area contributed by atoms with E-state index in [1.54, 1.807) is 72.8 Å². The second-order valence-electron chi connectivity index (χ2n) is 11.8. The van der Waals surface area contributed by atoms with Gasteiger partial charge in [-0.25, -0.2) is 0 Å². The van der Waals surface area contributed by atoms with E-state index < -0.39 is 66.1 Å². The molecule has 11 nitrogen and oxygen atoms in total. The van der Waals surface area contributed by atoms with Crippen molar-refractivity contribution in [2.24, 2.45) is 11.8 Å². The molecule has 2 N–H and O–H groups in total. The van der Waals surface area contributed by atoms with Crippen LogP contribution in [0.5, 0.6) is 0 Å². The molecule has 0 saturated carbocycles. The van der Waals surface area contributed by atoms with Gasteiger partial charge in [0.05, 0.1) is 42.0 Å². The summed E-state index contributed by atoms with van der Waals surface area (Å²) in [5.74, 6) is -4.17. The third-order valence-electron chi connectivity index (χ3n) is 9.04. The SMILES string of the molecule is COC[C@H]1NC(=O)CC/C=C\[C@H]2O[C@]34C=CCN(c5ccccc5Cl)C(=O)[C@H]3N(CCO)C(=O)[C@@H]4[C@H]2C(=O)O[C@@H]1c1ccccc1. The van der Waals surface area contributed by atoms with E-state index >= 15 is 0 Å². The van der Waals surface area contributed by atoms with Crippen LogP contribution in [-0.4, -0.2) is 90.9 Å². The van der Waals surface area contributed by atoms with Crippen molar-refractivity contribution in [2.75, 3.05) is 38.3 Å². The molecule has 2 saturated heterocycles. The van der Waals surface area contributed by atoms with E-state index in [-0.39, 0.29) is 32.0 Å². The number of carbonyl (C=O) groups is 4. The monoisotopic (exact) mass is 649 g/mol. The number of amides is 3. The van der Waals surface area contributed by atoms with Crippen LogP contribution < -0.4 is 10.2 Å². The molecule has 0 bridgehead atoms. The number of carbonyl (C=O) groups excluding carboxylic acids is 4. The Bertz CT molecular complexity index is 1550. The van der Waals surface area contributed by atoms with Crippen molar-refractivity contribution in [3.05, 3.63) is 89.5 Å². The summed E-state index contributed by atoms with van der Waals surface area (Å²) in [4.78, 5) is 58.9. The van der Waals surface area contributed by atoms with Gasteiger partial charge in [-0.1, -0.05) is 78.4 Å². The summed E-state index contributed by atoms with van der Waals surface area (Å²) >= 11 is 6.50. The lowest BCUT2D eigenvalue weighted by molar-refractivity contribution is -0.162. The van der Waals surface area contributed by atoms with Crippen LogP contribution in [0.2, 0.25) is 5.02 Å². The van der Waals surface area contributed by atoms with Crippen molar-refractivity contribution in [1.82, 2.24) is 10.2 Å². The number of hydrogen-bond donors (Lipinski definition) is 2. The number of esters is 1. The Kier molecular flexibility index (Phi) is 9.28. The topological polar surface area (TPSA) is 135 Å². The first kappa shape index (κ1) is 31.9. The van der Waals surface area contributed by atoms with E-state index in [2.05, 4.69) is 5.32 Å². The average molecular weight is 650 g/mol. The number of methoxy groups -OCH3 is 1. The van der Waals surface area contributed by atoms with E-state index in [1.807, 2.05) is 6.07 Å². The Morgan fingerprint density at radius 3 is 2.54 bits per heavy atom. The Morgan fingerprint density at radius 1 is 1.04 bits per heavy atom. The molecule has 6 rings (SSSR count). The molecule has 4 aliphatic rings. The van der Waals surface area contributed by atoms with Gasteiger partial charge < -0.3 is 34.4 Å². The summed E-state index contributed by atoms with van der Waals surface area (Å²) in [7, 11) is 1.49. The standard InChI is InChI=1S/C34H36ClN3O8/c1-44-20-23-29(21-10-3-2-4-11-21)45-33(43)27-25(14-7-8-15-26(40)36-23)46-34-16-9-17-37(24-13-6-5-12-22(24)35)32(42)30(34)38(18-19-39)31(41)28(27)34/h2-7,9-14,16,23,25,27-30,39H,8,15,17-20H2,1H3,(H,36,40)/b14-7-/t23-,25-,27+,28+,29-,30-,34+/m1/s1. The molecule has 2 aromatic rings. The number of nitrogens with zero attached hydrogens (tertiary/aromatic N) is 2. The first-order valence-electron chi connectivity index (χ1n) is 15.3. The quantitative estimate of drug-likeness (QED) is 0.360. The smallest absolute Gasteiger partial charge is 0.313 e. The molecule has 4 heterocycles. The summed E-state index contributed by atoms with van der Waals surface area (Å²) in [5, 5.41) is 13.3. The van der Waals surface area contributed by atoms with Gasteiger partial charge in [0.2, 0.25) is 11.8 Å². The normalized spacial score (nSPS) is 32.0. The van der Waals surface area contributed by atoms with E-state index in [0.29, 0.717) is 22.7 Å². The van der Waals surface area contributed by atoms with Gasteiger partial charge in [0.1, 0.15) is 23.7 Å². The van der Waals surface area contributed by atoms with Crippen LogP contribution in [0.25, 0.3) is 0 Å². The molecule has 2 aromatic carbocycles. The van der Waals surface area contributed by atoms with Crippen molar-refractivity contribution in [3.8, 4) is 0 Å². The predicted molar refractivity (Wildman–Crippen MR) is 168 cm³/mol. The minimum absolute atomic E-state index is 0.0623. The summed E-state index contributed by atoms with van der Waals surface area (Å²) < 4.78 is 18.3. The van der Waals surface area contributed by atoms with E-state index in [4.69, 9.17) is 25.8 Å². The van der Waals surface area contributed by atoms with Crippen LogP contribution in [0.1, 0.15) is 24.5 Å². The average Bonchev–Trinajstić information content (AvgIpc) is 3.43. The molecule has 46 heavy (non-hydrogen) atoms. The molecule has 12 heteroatoms. The predicted octanol–water partition coefficient (Wildman–Crippen LogP) is 2.58. The van der Waals surface area contributed by atoms with Crippen molar-refractivity contribution in [3.63, 3.8) is 0 Å². The fraction of sp³-hybridized carbons (Fsp3) is 0.412. The summed E-state index contributed by atoms with van der Waals surface area (Å²) in [6, 6.07) is 14.0. The number of likely N-dealkylation sites (tertiary alicyclic amines) is 1. The second-order valence-corrected chi connectivity index (χ2v) is 12.2. The highest BCUT2D eigenvalue weighted by Gasteiger charge is 2.72. The highest BCUT2D eigenvalue weighted by Crippen LogP contribution is 2.53. The van der Waals surface area contributed by atoms with Gasteiger partial charge in [-0.05, 0) is 24.1 Å². The van der Waals surface area contributed by atoms with Gasteiger partial charge in [0.15, 0.2) is 0 Å². The highest BCUT2D eigenvalue weighted by molar-refractivity contribution is 6.34. The Morgan fingerprint density at radius 2 is 1.80 bits per heavy atom. The van der Waals surface area contributed by atoms with Crippen molar-refractivity contribution < 1.29 is 38.5 Å². The van der Waals surface area contributed by atoms with Gasteiger partial charge in [0, 0.05) is 26.6 Å². The van der Waals surface area contributed by atoms with Crippen molar-refractivity contribution in [1.29, 1.82) is 0 Å². The number of rotatable bonds is 6. The number of cyclic esters (lactones) is 1. The fourth-order valence-corrected chi connectivity index (χ4v) is 7.36. The molecule has 1 spiro atoms. The van der Waals surface area contributed by atoms with Crippen molar-refractivity contribution >= 4 is 41.0 Å². The largest absolute Gasteiger partial charge is 0.455 e. The summed E-state index contributed by atoms with van der Waals surface area (Å²) in [6.07, 6.45) is 5.49. The third-order valence-corrected chi connectivity index (χ3v) is 9.36. The second kappa shape index (κ2) is 13.4. The number of para-hydroxylation sites is 1. The zero-order valence-electron chi connectivity index (χ0n) is 25.3. The lowest BCUT2D eigenvalue weighted by Crippen LogP contribution is -2.55. The first-order chi connectivity index (χ1) is 22.3. The number of β-amino-alcohol motifs (C(OH)–C–C–N with tert-alkyl or cyclic N) is 1. The number of hydrogen-bond acceptors (Lipinski definition) is 8. The molecule has 0 unspecified atom stereocenters. The number of nitrogens with one attached hydrogen (secondary N) is 1. The number of aliphatic hydroxyl groups is 1. The Labute approximate surface area is 271 Å². The molecule has 242 valence electrons. The molecular formula is C34H36ClN3O8. The van der Waals surface area contributed by atoms with E-state index in [0.717, 1.165) is 0 Å². The fourth-order valence-electron chi connectivity index (χ4n) is 7.12. The summed E-state index contributed by atoms with van der Waals surface area (Å²) in [5.41, 5.74) is -0.444. The molecule has 4 aliphatic heterocycles. The number of fused-ring (bicyclic) bond motifs is 2. The third kappa shape index (κ3) is 5.62. The minimum atomic E-state index is -1.54. The number of benzene rings is 2. The Balaban J connectivity index is 1.44. The van der Waals surface area contributed by atoms with Crippen LogP contribution in [0.3, 0.4) is 0 Å². The first-order valence-corrected chi connectivity index (χ1v) is 15.7. The lowest BCUT2D eigenvalue weighted by Gasteiger charge is -2.35. The number of allylic oxidation sites excluding steroid dienone is 1. The lowest BCUT2D eigenvalue weighted by atomic mass is 9.77. The number of halogens is 1. The van der Waals surface area contributed by atoms with Gasteiger partial charge in [-0.3, -0.25) is 19.2 Å². The van der Waals surface area contributed by atoms with Crippen molar-refractivity contribution in [2.45, 2.75) is 42.7 Å². The molecule has 7 atom stereocenters. The van der Waals surface area contributed by atoms with Crippen LogP contribution in [0, 0.1) is 11.8 Å². The molecule has 0 aliphatic carbocycles. The van der Waals surface area contributed by atoms with Crippen LogP contribution >= 0.6 is 11.6 Å². The zero-order chi connectivity index (χ0) is 32.4. The van der Waals surface area contributed by atoms with Gasteiger partial charge in [0.25, 0.3) is 5.91 Å². The van der Waals surface area contributed by atoms with E-state index in [9.17, 15) is 24.3 Å². The number of ether oxygens (including phenoxy) is 3. The molecular weight excluding hydrogens is 614 g/mol. The minimum Gasteiger partial charge on any atom is -0.455 e. The van der Waals surface area contributed by atoms with Crippen LogP contribution in [-0.2, 0) is 33.4 Å². The summed E-state index contributed by atoms with van der Waals surface area (Å²) in [6.45, 7) is -0.331. The van der Waals surface area contributed by atoms with E-state index in [1.165, 1.54) is 16.9 Å². The maximum absolute atomic E-state index is 14.4. The number of anilines is 1.